The zero-order valence-electron chi connectivity index (χ0n) is 8.38. The first-order valence-electron chi connectivity index (χ1n) is 4.92. The van der Waals surface area contributed by atoms with E-state index >= 15 is 0 Å². The lowest BCUT2D eigenvalue weighted by Gasteiger charge is -2.16. The van der Waals surface area contributed by atoms with Crippen molar-refractivity contribution in [3.05, 3.63) is 0 Å². The van der Waals surface area contributed by atoms with Gasteiger partial charge in [0.15, 0.2) is 0 Å². The Morgan fingerprint density at radius 1 is 1.64 bits per heavy atom. The van der Waals surface area contributed by atoms with Gasteiger partial charge >= 0.3 is 0 Å². The summed E-state index contributed by atoms with van der Waals surface area (Å²) in [5, 5.41) is 5.58. The number of hydrogen-bond acceptors (Lipinski definition) is 3. The van der Waals surface area contributed by atoms with Crippen LogP contribution in [0.4, 0.5) is 0 Å². The van der Waals surface area contributed by atoms with Gasteiger partial charge in [-0.15, -0.1) is 0 Å². The number of nitrogens with two attached hydrogens (primary N) is 1. The van der Waals surface area contributed by atoms with Crippen molar-refractivity contribution in [3.8, 4) is 0 Å². The molecule has 2 atom stereocenters. The van der Waals surface area contributed by atoms with E-state index in [-0.39, 0.29) is 17.9 Å². The van der Waals surface area contributed by atoms with Crippen LogP contribution in [0.3, 0.4) is 0 Å². The summed E-state index contributed by atoms with van der Waals surface area (Å²) in [6.45, 7) is 2.28. The van der Waals surface area contributed by atoms with Crippen molar-refractivity contribution in [2.45, 2.75) is 38.3 Å². The molecular weight excluding hydrogens is 182 g/mol. The van der Waals surface area contributed by atoms with Gasteiger partial charge in [0.2, 0.25) is 11.8 Å². The molecule has 0 bridgehead atoms. The molecule has 0 aliphatic carbocycles. The molecule has 0 aromatic rings. The summed E-state index contributed by atoms with van der Waals surface area (Å²) in [5.41, 5.74) is 5.42. The van der Waals surface area contributed by atoms with E-state index in [4.69, 9.17) is 5.73 Å². The van der Waals surface area contributed by atoms with E-state index in [1.54, 1.807) is 6.92 Å². The van der Waals surface area contributed by atoms with Crippen LogP contribution < -0.4 is 16.4 Å². The molecule has 0 saturated carbocycles. The van der Waals surface area contributed by atoms with Crippen LogP contribution in [0.15, 0.2) is 0 Å². The second-order valence-corrected chi connectivity index (χ2v) is 3.67. The highest BCUT2D eigenvalue weighted by Gasteiger charge is 2.18. The van der Waals surface area contributed by atoms with Gasteiger partial charge in [-0.25, -0.2) is 0 Å². The third kappa shape index (κ3) is 3.33. The average Bonchev–Trinajstić information content (AvgIpc) is 2.31. The minimum atomic E-state index is -0.484. The Labute approximate surface area is 83.4 Å². The predicted octanol–water partition coefficient (Wildman–Crippen LogP) is -0.881. The maximum Gasteiger partial charge on any atom is 0.236 e. The van der Waals surface area contributed by atoms with E-state index in [0.29, 0.717) is 19.4 Å². The summed E-state index contributed by atoms with van der Waals surface area (Å²) in [4.78, 5) is 22.3. The lowest BCUT2D eigenvalue weighted by Crippen LogP contribution is -2.44. The van der Waals surface area contributed by atoms with Crippen LogP contribution in [-0.2, 0) is 9.59 Å². The molecule has 0 radical (unpaired) electrons. The number of amides is 2. The molecule has 1 rings (SSSR count). The molecule has 0 aromatic carbocycles. The van der Waals surface area contributed by atoms with Gasteiger partial charge in [0.1, 0.15) is 0 Å². The van der Waals surface area contributed by atoms with E-state index in [9.17, 15) is 9.59 Å². The van der Waals surface area contributed by atoms with E-state index in [1.807, 2.05) is 0 Å². The maximum absolute atomic E-state index is 11.3. The Bertz CT molecular complexity index is 228. The molecular formula is C9H17N3O2. The Kier molecular flexibility index (Phi) is 3.88. The van der Waals surface area contributed by atoms with E-state index < -0.39 is 6.04 Å². The van der Waals surface area contributed by atoms with Crippen molar-refractivity contribution in [2.75, 3.05) is 6.54 Å². The summed E-state index contributed by atoms with van der Waals surface area (Å²) in [7, 11) is 0. The van der Waals surface area contributed by atoms with Gasteiger partial charge in [0, 0.05) is 19.0 Å². The molecule has 1 saturated heterocycles. The second kappa shape index (κ2) is 4.95. The van der Waals surface area contributed by atoms with Gasteiger partial charge in [-0.1, -0.05) is 0 Å². The number of carbonyl (C=O) groups is 2. The molecule has 5 nitrogen and oxygen atoms in total. The van der Waals surface area contributed by atoms with Gasteiger partial charge in [-0.3, -0.25) is 9.59 Å². The largest absolute Gasteiger partial charge is 0.356 e. The Hall–Kier alpha value is -1.10. The molecule has 5 heteroatoms. The molecule has 1 aliphatic rings. The minimum absolute atomic E-state index is 0.0579. The van der Waals surface area contributed by atoms with Crippen molar-refractivity contribution < 1.29 is 9.59 Å². The van der Waals surface area contributed by atoms with Gasteiger partial charge in [-0.2, -0.15) is 0 Å². The summed E-state index contributed by atoms with van der Waals surface area (Å²) in [6, 6.07) is -0.408. The van der Waals surface area contributed by atoms with Crippen molar-refractivity contribution in [1.82, 2.24) is 10.6 Å². The van der Waals surface area contributed by atoms with Crippen LogP contribution in [0.5, 0.6) is 0 Å². The van der Waals surface area contributed by atoms with Crippen LogP contribution in [0.25, 0.3) is 0 Å². The van der Waals surface area contributed by atoms with E-state index in [0.717, 1.165) is 6.42 Å². The van der Waals surface area contributed by atoms with E-state index in [1.165, 1.54) is 0 Å². The van der Waals surface area contributed by atoms with Gasteiger partial charge < -0.3 is 16.4 Å². The second-order valence-electron chi connectivity index (χ2n) is 3.67. The topological polar surface area (TPSA) is 84.2 Å². The molecule has 1 aliphatic heterocycles. The number of rotatable bonds is 2. The SMILES string of the molecule is C[C@@H](N)C(=O)NC1CCNC(=O)CC1. The Morgan fingerprint density at radius 2 is 2.36 bits per heavy atom. The van der Waals surface area contributed by atoms with Crippen LogP contribution in [0.2, 0.25) is 0 Å². The van der Waals surface area contributed by atoms with Gasteiger partial charge in [0.05, 0.1) is 6.04 Å². The fourth-order valence-electron chi connectivity index (χ4n) is 1.40. The summed E-state index contributed by atoms with van der Waals surface area (Å²) in [5.74, 6) is -0.0908. The highest BCUT2D eigenvalue weighted by molar-refractivity contribution is 5.81. The summed E-state index contributed by atoms with van der Waals surface area (Å²) >= 11 is 0. The quantitative estimate of drug-likeness (QED) is 0.540. The summed E-state index contributed by atoms with van der Waals surface area (Å²) in [6.07, 6.45) is 1.96. The molecule has 0 spiro atoms. The standard InChI is InChI=1S/C9H17N3O2/c1-6(10)9(14)12-7-2-3-8(13)11-5-4-7/h6-7H,2-5,10H2,1H3,(H,11,13)(H,12,14)/t6-,7?/m1/s1. The van der Waals surface area contributed by atoms with Crippen LogP contribution in [0, 0.1) is 0 Å². The van der Waals surface area contributed by atoms with Crippen LogP contribution in [-0.4, -0.2) is 30.4 Å². The molecule has 14 heavy (non-hydrogen) atoms. The first-order valence-corrected chi connectivity index (χ1v) is 4.92. The number of hydrogen-bond donors (Lipinski definition) is 3. The monoisotopic (exact) mass is 199 g/mol. The van der Waals surface area contributed by atoms with Crippen molar-refractivity contribution in [3.63, 3.8) is 0 Å². The molecule has 1 fully saturated rings. The smallest absolute Gasteiger partial charge is 0.236 e. The Morgan fingerprint density at radius 3 is 3.00 bits per heavy atom. The molecule has 80 valence electrons. The highest BCUT2D eigenvalue weighted by Crippen LogP contribution is 2.05. The lowest BCUT2D eigenvalue weighted by molar-refractivity contribution is -0.123. The molecule has 0 aromatic heterocycles. The van der Waals surface area contributed by atoms with E-state index in [2.05, 4.69) is 10.6 Å². The zero-order chi connectivity index (χ0) is 10.6. The van der Waals surface area contributed by atoms with Gasteiger partial charge in [-0.05, 0) is 19.8 Å². The molecule has 1 unspecified atom stereocenters. The van der Waals surface area contributed by atoms with Crippen LogP contribution in [0.1, 0.15) is 26.2 Å². The first kappa shape index (κ1) is 11.0. The number of nitrogens with one attached hydrogen (secondary N) is 2. The minimum Gasteiger partial charge on any atom is -0.356 e. The summed E-state index contributed by atoms with van der Waals surface area (Å²) < 4.78 is 0. The number of carbonyl (C=O) groups excluding carboxylic acids is 2. The van der Waals surface area contributed by atoms with Crippen molar-refractivity contribution >= 4 is 11.8 Å². The molecule has 2 amide bonds. The van der Waals surface area contributed by atoms with Gasteiger partial charge in [0.25, 0.3) is 0 Å². The Balaban J connectivity index is 2.37. The molecule has 4 N–H and O–H groups in total. The zero-order valence-corrected chi connectivity index (χ0v) is 8.38. The van der Waals surface area contributed by atoms with Crippen LogP contribution >= 0.6 is 0 Å². The fourth-order valence-corrected chi connectivity index (χ4v) is 1.40. The highest BCUT2D eigenvalue weighted by atomic mass is 16.2. The third-order valence-electron chi connectivity index (χ3n) is 2.29. The fraction of sp³-hybridized carbons (Fsp3) is 0.778. The van der Waals surface area contributed by atoms with Crippen molar-refractivity contribution in [2.24, 2.45) is 5.73 Å². The first-order chi connectivity index (χ1) is 6.59. The lowest BCUT2D eigenvalue weighted by atomic mass is 10.1. The predicted molar refractivity (Wildman–Crippen MR) is 52.4 cm³/mol. The normalized spacial score (nSPS) is 24.7. The maximum atomic E-state index is 11.3. The van der Waals surface area contributed by atoms with Crippen molar-refractivity contribution in [1.29, 1.82) is 0 Å². The average molecular weight is 199 g/mol. The third-order valence-corrected chi connectivity index (χ3v) is 2.29. The molecule has 1 heterocycles.